The number of aromatic nitrogens is 4. The van der Waals surface area contributed by atoms with Gasteiger partial charge in [0.2, 0.25) is 0 Å². The van der Waals surface area contributed by atoms with Crippen molar-refractivity contribution in [3.05, 3.63) is 48.0 Å². The zero-order valence-corrected chi connectivity index (χ0v) is 25.0. The molecule has 218 valence electrons. The number of aryl methyl sites for hydroxylation is 1. The van der Waals surface area contributed by atoms with Crippen molar-refractivity contribution in [3.8, 4) is 12.3 Å². The molecule has 1 aromatic carbocycles. The van der Waals surface area contributed by atoms with Gasteiger partial charge in [-0.25, -0.2) is 15.0 Å². The van der Waals surface area contributed by atoms with Crippen molar-refractivity contribution in [2.75, 3.05) is 36.8 Å². The number of nitrogens with zero attached hydrogens (tertiary/aromatic N) is 4. The van der Waals surface area contributed by atoms with Crippen LogP contribution >= 0.6 is 19.4 Å². The maximum atomic E-state index is 12.2. The summed E-state index contributed by atoms with van der Waals surface area (Å²) < 4.78 is 24.5. The lowest BCUT2D eigenvalue weighted by Gasteiger charge is -2.12. The second kappa shape index (κ2) is 18.1. The van der Waals surface area contributed by atoms with Crippen molar-refractivity contribution >= 4 is 36.3 Å². The fourth-order valence-corrected chi connectivity index (χ4v) is 6.06. The van der Waals surface area contributed by atoms with E-state index in [1.807, 2.05) is 23.9 Å². The largest absolute Gasteiger partial charge is 0.382 e. The molecule has 0 saturated heterocycles. The van der Waals surface area contributed by atoms with Crippen molar-refractivity contribution < 1.29 is 18.7 Å². The van der Waals surface area contributed by atoms with E-state index in [1.165, 1.54) is 63.3 Å². The van der Waals surface area contributed by atoms with Gasteiger partial charge in [0.1, 0.15) is 18.2 Å². The Bertz CT molecular complexity index is 1230. The first-order valence-electron chi connectivity index (χ1n) is 14.1. The molecule has 2 aromatic heterocycles. The van der Waals surface area contributed by atoms with E-state index in [-0.39, 0.29) is 19.6 Å². The number of nitrogen functional groups attached to an aromatic ring is 1. The molecule has 9 nitrogen and oxygen atoms in total. The number of hydrogen-bond donors (Lipinski definition) is 2. The molecule has 0 aliphatic rings. The molecule has 0 aliphatic heterocycles. The van der Waals surface area contributed by atoms with Crippen molar-refractivity contribution in [1.82, 2.24) is 19.5 Å². The predicted octanol–water partition coefficient (Wildman–Crippen LogP) is 6.05. The Labute approximate surface area is 242 Å². The first kappa shape index (κ1) is 32.1. The maximum Gasteiger partial charge on any atom is 0.353 e. The summed E-state index contributed by atoms with van der Waals surface area (Å²) in [6.07, 6.45) is 20.1. The van der Waals surface area contributed by atoms with Crippen molar-refractivity contribution in [2.24, 2.45) is 0 Å². The van der Waals surface area contributed by atoms with E-state index < -0.39 is 7.60 Å². The number of hydrogen-bond acceptors (Lipinski definition) is 8. The average Bonchev–Trinajstić information content (AvgIpc) is 3.38. The molecule has 0 aliphatic carbocycles. The van der Waals surface area contributed by atoms with Crippen molar-refractivity contribution in [2.45, 2.75) is 70.8 Å². The van der Waals surface area contributed by atoms with Crippen LogP contribution in [-0.2, 0) is 26.8 Å². The molecule has 3 N–H and O–H groups in total. The van der Waals surface area contributed by atoms with E-state index in [9.17, 15) is 9.46 Å². The van der Waals surface area contributed by atoms with Gasteiger partial charge in [0.15, 0.2) is 11.5 Å². The van der Waals surface area contributed by atoms with Gasteiger partial charge >= 0.3 is 7.60 Å². The smallest absolute Gasteiger partial charge is 0.353 e. The van der Waals surface area contributed by atoms with Gasteiger partial charge in [-0.3, -0.25) is 4.57 Å². The molecule has 0 saturated carbocycles. The highest BCUT2D eigenvalue weighted by Crippen LogP contribution is 2.41. The number of imidazole rings is 1. The Morgan fingerprint density at radius 2 is 1.65 bits per heavy atom. The lowest BCUT2D eigenvalue weighted by molar-refractivity contribution is 0.138. The van der Waals surface area contributed by atoms with Gasteiger partial charge in [0.25, 0.3) is 0 Å². The number of anilines is 1. The maximum absolute atomic E-state index is 12.2. The number of terminal acetylenes is 1. The molecule has 0 radical (unpaired) electrons. The molecule has 3 rings (SSSR count). The minimum atomic E-state index is -3.77. The molecule has 0 fully saturated rings. The molecule has 11 heteroatoms. The summed E-state index contributed by atoms with van der Waals surface area (Å²) in [6.45, 7) is 0.901. The van der Waals surface area contributed by atoms with Crippen LogP contribution in [0.1, 0.15) is 68.9 Å². The van der Waals surface area contributed by atoms with Crippen LogP contribution in [0.25, 0.3) is 11.2 Å². The summed E-state index contributed by atoms with van der Waals surface area (Å²) in [4.78, 5) is 22.2. The van der Waals surface area contributed by atoms with Crippen molar-refractivity contribution in [3.63, 3.8) is 0 Å². The fraction of sp³-hybridized carbons (Fsp3) is 0.552. The van der Waals surface area contributed by atoms with Crippen LogP contribution in [0.3, 0.4) is 0 Å². The molecule has 40 heavy (non-hydrogen) atoms. The van der Waals surface area contributed by atoms with Crippen LogP contribution in [0.2, 0.25) is 0 Å². The molecule has 0 spiro atoms. The number of benzene rings is 1. The molecule has 1 unspecified atom stereocenters. The summed E-state index contributed by atoms with van der Waals surface area (Å²) in [6, 6.07) is 8.33. The Morgan fingerprint density at radius 1 is 0.950 bits per heavy atom. The fourth-order valence-electron chi connectivity index (χ4n) is 4.27. The first-order valence-corrected chi connectivity index (χ1v) is 17.0. The Hall–Kier alpha value is -2.41. The van der Waals surface area contributed by atoms with E-state index in [0.717, 1.165) is 29.9 Å². The highest BCUT2D eigenvalue weighted by Gasteiger charge is 2.19. The normalized spacial score (nSPS) is 12.9. The summed E-state index contributed by atoms with van der Waals surface area (Å²) >= 11 is 1.88. The van der Waals surface area contributed by atoms with Crippen LogP contribution in [0.4, 0.5) is 5.82 Å². The summed E-state index contributed by atoms with van der Waals surface area (Å²) in [5, 5.41) is 0. The van der Waals surface area contributed by atoms with Crippen LogP contribution in [0.15, 0.2) is 36.9 Å². The predicted molar refractivity (Wildman–Crippen MR) is 163 cm³/mol. The third-order valence-electron chi connectivity index (χ3n) is 6.51. The van der Waals surface area contributed by atoms with Crippen LogP contribution in [0, 0.1) is 12.3 Å². The molecule has 0 amide bonds. The zero-order valence-electron chi connectivity index (χ0n) is 23.2. The first-order chi connectivity index (χ1) is 19.5. The number of fused-ring (bicyclic) bond motifs is 1. The zero-order chi connectivity index (χ0) is 28.5. The van der Waals surface area contributed by atoms with Gasteiger partial charge < -0.3 is 24.5 Å². The highest BCUT2D eigenvalue weighted by atomic mass is 32.2. The van der Waals surface area contributed by atoms with E-state index >= 15 is 0 Å². The van der Waals surface area contributed by atoms with Gasteiger partial charge in [0.05, 0.1) is 19.5 Å². The van der Waals surface area contributed by atoms with Gasteiger partial charge in [-0.05, 0) is 54.9 Å². The molecule has 2 heterocycles. The monoisotopic (exact) mass is 587 g/mol. The Kier molecular flexibility index (Phi) is 14.5. The number of unbranched alkanes of at least 4 members (excludes halogenated alkanes) is 7. The number of rotatable bonds is 21. The number of ether oxygens (including phenoxy) is 1. The quantitative estimate of drug-likeness (QED) is 0.0870. The van der Waals surface area contributed by atoms with Gasteiger partial charge in [-0.1, -0.05) is 56.6 Å². The second-order valence-corrected chi connectivity index (χ2v) is 12.8. The third-order valence-corrected chi connectivity index (χ3v) is 8.76. The van der Waals surface area contributed by atoms with Crippen molar-refractivity contribution in [1.29, 1.82) is 0 Å². The molecular weight excluding hydrogens is 545 g/mol. The van der Waals surface area contributed by atoms with E-state index in [2.05, 4.69) is 33.0 Å². The van der Waals surface area contributed by atoms with Gasteiger partial charge in [-0.2, -0.15) is 11.8 Å². The lowest BCUT2D eigenvalue weighted by atomic mass is 10.0. The standard InChI is InChI=1S/C29H42N5O4PS/c1-2-25-13-15-26(16-14-25)12-9-7-5-3-4-6-8-10-20-40-21-11-18-38-39(35,36)24-37-19-17-34-23-33-27-28(30)31-22-32-29(27)34/h1,13-16,22-23H,3-12,17-21,24H2,(H,35,36)(H2,30,31,32). The van der Waals surface area contributed by atoms with Gasteiger partial charge in [0, 0.05) is 12.1 Å². The second-order valence-electron chi connectivity index (χ2n) is 9.76. The van der Waals surface area contributed by atoms with Crippen LogP contribution in [0.5, 0.6) is 0 Å². The summed E-state index contributed by atoms with van der Waals surface area (Å²) in [7, 11) is -3.77. The Balaban J connectivity index is 1.08. The molecule has 3 aromatic rings. The minimum absolute atomic E-state index is 0.224. The summed E-state index contributed by atoms with van der Waals surface area (Å²) in [5.74, 6) is 5.02. The van der Waals surface area contributed by atoms with E-state index in [1.54, 1.807) is 10.9 Å². The molecule has 0 bridgehead atoms. The average molecular weight is 588 g/mol. The third kappa shape index (κ3) is 12.0. The minimum Gasteiger partial charge on any atom is -0.382 e. The summed E-state index contributed by atoms with van der Waals surface area (Å²) in [5.41, 5.74) is 9.22. The Morgan fingerprint density at radius 3 is 2.40 bits per heavy atom. The van der Waals surface area contributed by atoms with Crippen LogP contribution < -0.4 is 5.73 Å². The topological polar surface area (TPSA) is 125 Å². The number of nitrogens with two attached hydrogens (primary N) is 1. The van der Waals surface area contributed by atoms with Crippen LogP contribution in [-0.4, -0.2) is 55.5 Å². The molecular formula is C29H42N5O4PS. The van der Waals surface area contributed by atoms with E-state index in [4.69, 9.17) is 21.4 Å². The van der Waals surface area contributed by atoms with Gasteiger partial charge in [-0.15, -0.1) is 6.42 Å². The number of thioether (sulfide) groups is 1. The lowest BCUT2D eigenvalue weighted by Crippen LogP contribution is -2.08. The SMILES string of the molecule is C#Cc1ccc(CCCCCCCCCCSCCCOP(=O)(O)COCCn2cnc3c(N)ncnc32)cc1. The molecule has 1 atom stereocenters. The highest BCUT2D eigenvalue weighted by molar-refractivity contribution is 7.99. The van der Waals surface area contributed by atoms with E-state index in [0.29, 0.717) is 23.5 Å².